The molecule has 9 heteroatoms. The number of nitrogens with zero attached hydrogens (tertiary/aromatic N) is 1. The number of rotatable bonds is 8. The molecule has 0 aliphatic rings. The second-order valence-electron chi connectivity index (χ2n) is 7.87. The predicted molar refractivity (Wildman–Crippen MR) is 141 cm³/mol. The summed E-state index contributed by atoms with van der Waals surface area (Å²) in [6.07, 6.45) is 1.38. The zero-order valence-electron chi connectivity index (χ0n) is 19.6. The minimum atomic E-state index is -4.14. The van der Waals surface area contributed by atoms with E-state index >= 15 is 0 Å². The first kappa shape index (κ1) is 25.2. The molecule has 0 fully saturated rings. The highest BCUT2D eigenvalue weighted by molar-refractivity contribution is 7.87. The van der Waals surface area contributed by atoms with E-state index in [2.05, 4.69) is 10.5 Å². The first-order valence-corrected chi connectivity index (χ1v) is 12.8. The Labute approximate surface area is 214 Å². The van der Waals surface area contributed by atoms with Gasteiger partial charge in [-0.1, -0.05) is 59.6 Å². The number of carbonyl (C=O) groups excluding carboxylic acids is 1. The van der Waals surface area contributed by atoms with E-state index in [9.17, 15) is 13.2 Å². The molecular formula is C27H23ClN2O5S. The second-order valence-corrected chi connectivity index (χ2v) is 9.83. The summed E-state index contributed by atoms with van der Waals surface area (Å²) in [5, 5.41) is 5.99. The lowest BCUT2D eigenvalue weighted by Crippen LogP contribution is -2.17. The Morgan fingerprint density at radius 3 is 2.44 bits per heavy atom. The van der Waals surface area contributed by atoms with Crippen molar-refractivity contribution in [3.63, 3.8) is 0 Å². The Balaban J connectivity index is 1.53. The lowest BCUT2D eigenvalue weighted by Gasteiger charge is -2.14. The summed E-state index contributed by atoms with van der Waals surface area (Å²) in [7, 11) is -4.14. The van der Waals surface area contributed by atoms with E-state index in [1.54, 1.807) is 31.2 Å². The van der Waals surface area contributed by atoms with E-state index in [1.165, 1.54) is 30.5 Å². The van der Waals surface area contributed by atoms with Gasteiger partial charge in [0.05, 0.1) is 17.8 Å². The molecule has 4 aromatic carbocycles. The summed E-state index contributed by atoms with van der Waals surface area (Å²) >= 11 is 6.36. The van der Waals surface area contributed by atoms with Gasteiger partial charge in [-0.15, -0.1) is 0 Å². The van der Waals surface area contributed by atoms with Gasteiger partial charge < -0.3 is 8.92 Å². The van der Waals surface area contributed by atoms with Crippen molar-refractivity contribution in [1.82, 2.24) is 5.43 Å². The highest BCUT2D eigenvalue weighted by Gasteiger charge is 2.22. The number of halogens is 1. The summed E-state index contributed by atoms with van der Waals surface area (Å²) in [4.78, 5) is 12.5. The van der Waals surface area contributed by atoms with Crippen LogP contribution in [0, 0.1) is 6.92 Å². The Bertz CT molecular complexity index is 1550. The van der Waals surface area contributed by atoms with Crippen molar-refractivity contribution in [2.24, 2.45) is 5.10 Å². The van der Waals surface area contributed by atoms with Crippen LogP contribution in [0.1, 0.15) is 28.4 Å². The molecule has 1 N–H and O–H groups in total. The predicted octanol–water partition coefficient (Wildman–Crippen LogP) is 5.73. The standard InChI is InChI=1S/C27H23ClN2O5S/c1-3-34-25-15-19(14-24(28)26(25)35-36(32,33)23-12-8-18(2)9-13-23)17-29-30-27(31)22-11-10-20-6-4-5-7-21(20)16-22/h4-17H,3H2,1-2H3,(H,30,31)/b29-17-. The number of aryl methyl sites for hydroxylation is 1. The van der Waals surface area contributed by atoms with Crippen LogP contribution in [0.2, 0.25) is 5.02 Å². The third-order valence-corrected chi connectivity index (χ3v) is 6.74. The van der Waals surface area contributed by atoms with Gasteiger partial charge in [0.1, 0.15) is 4.90 Å². The lowest BCUT2D eigenvalue weighted by atomic mass is 10.1. The first-order chi connectivity index (χ1) is 17.3. The number of fused-ring (bicyclic) bond motifs is 1. The third kappa shape index (κ3) is 5.84. The summed E-state index contributed by atoms with van der Waals surface area (Å²) in [5.41, 5.74) is 4.33. The average Bonchev–Trinajstić information content (AvgIpc) is 2.86. The molecule has 184 valence electrons. The van der Waals surface area contributed by atoms with Gasteiger partial charge in [-0.2, -0.15) is 13.5 Å². The molecule has 0 radical (unpaired) electrons. The van der Waals surface area contributed by atoms with Crippen molar-refractivity contribution in [1.29, 1.82) is 0 Å². The minimum Gasteiger partial charge on any atom is -0.490 e. The van der Waals surface area contributed by atoms with Crippen LogP contribution in [0.3, 0.4) is 0 Å². The van der Waals surface area contributed by atoms with Crippen LogP contribution in [0.15, 0.2) is 88.9 Å². The maximum Gasteiger partial charge on any atom is 0.339 e. The van der Waals surface area contributed by atoms with Gasteiger partial charge in [-0.05, 0) is 66.6 Å². The van der Waals surface area contributed by atoms with Crippen molar-refractivity contribution >= 4 is 44.6 Å². The lowest BCUT2D eigenvalue weighted by molar-refractivity contribution is 0.0955. The number of nitrogens with one attached hydrogen (secondary N) is 1. The highest BCUT2D eigenvalue weighted by Crippen LogP contribution is 2.38. The van der Waals surface area contributed by atoms with Crippen LogP contribution in [0.25, 0.3) is 10.8 Å². The summed E-state index contributed by atoms with van der Waals surface area (Å²) in [6, 6.07) is 22.4. The van der Waals surface area contributed by atoms with Crippen molar-refractivity contribution in [3.05, 3.63) is 101 Å². The molecule has 0 saturated carbocycles. The Kier molecular flexibility index (Phi) is 7.57. The molecule has 0 atom stereocenters. The van der Waals surface area contributed by atoms with Crippen molar-refractivity contribution in [2.45, 2.75) is 18.7 Å². The van der Waals surface area contributed by atoms with Gasteiger partial charge in [0.25, 0.3) is 5.91 Å². The quantitative estimate of drug-likeness (QED) is 0.181. The fourth-order valence-corrected chi connectivity index (χ4v) is 4.69. The van der Waals surface area contributed by atoms with Gasteiger partial charge >= 0.3 is 10.1 Å². The summed E-state index contributed by atoms with van der Waals surface area (Å²) in [5.74, 6) is -0.378. The number of ether oxygens (including phenoxy) is 1. The zero-order chi connectivity index (χ0) is 25.7. The molecule has 0 heterocycles. The van der Waals surface area contributed by atoms with E-state index in [0.717, 1.165) is 16.3 Å². The molecule has 0 aliphatic carbocycles. The normalized spacial score (nSPS) is 11.5. The van der Waals surface area contributed by atoms with E-state index in [-0.39, 0.29) is 33.9 Å². The zero-order valence-corrected chi connectivity index (χ0v) is 21.1. The van der Waals surface area contributed by atoms with Crippen LogP contribution in [-0.4, -0.2) is 27.1 Å². The molecule has 1 amide bonds. The molecule has 0 aliphatic heterocycles. The molecule has 7 nitrogen and oxygen atoms in total. The molecule has 0 bridgehead atoms. The van der Waals surface area contributed by atoms with Crippen LogP contribution in [-0.2, 0) is 10.1 Å². The number of hydrogen-bond donors (Lipinski definition) is 1. The summed E-state index contributed by atoms with van der Waals surface area (Å²) in [6.45, 7) is 3.85. The van der Waals surface area contributed by atoms with Gasteiger partial charge in [0.2, 0.25) is 5.75 Å². The number of carbonyl (C=O) groups is 1. The van der Waals surface area contributed by atoms with E-state index < -0.39 is 10.1 Å². The maximum atomic E-state index is 12.8. The highest BCUT2D eigenvalue weighted by atomic mass is 35.5. The Morgan fingerprint density at radius 2 is 1.72 bits per heavy atom. The second kappa shape index (κ2) is 10.8. The molecule has 0 unspecified atom stereocenters. The third-order valence-electron chi connectivity index (χ3n) is 5.23. The first-order valence-electron chi connectivity index (χ1n) is 11.1. The van der Waals surface area contributed by atoms with Gasteiger partial charge in [0, 0.05) is 5.56 Å². The molecular weight excluding hydrogens is 500 g/mol. The molecule has 0 saturated heterocycles. The topological polar surface area (TPSA) is 94.1 Å². The number of hydrogen-bond acceptors (Lipinski definition) is 6. The van der Waals surface area contributed by atoms with Crippen LogP contribution in [0.5, 0.6) is 11.5 Å². The minimum absolute atomic E-state index is 0.00587. The smallest absolute Gasteiger partial charge is 0.339 e. The monoisotopic (exact) mass is 522 g/mol. The van der Waals surface area contributed by atoms with E-state index in [0.29, 0.717) is 11.1 Å². The molecule has 4 rings (SSSR count). The average molecular weight is 523 g/mol. The van der Waals surface area contributed by atoms with Gasteiger partial charge in [-0.25, -0.2) is 5.43 Å². The van der Waals surface area contributed by atoms with Crippen LogP contribution in [0.4, 0.5) is 0 Å². The fraction of sp³-hybridized carbons (Fsp3) is 0.111. The van der Waals surface area contributed by atoms with Gasteiger partial charge in [-0.3, -0.25) is 4.79 Å². The van der Waals surface area contributed by atoms with Gasteiger partial charge in [0.15, 0.2) is 5.75 Å². The Morgan fingerprint density at radius 1 is 1.00 bits per heavy atom. The maximum absolute atomic E-state index is 12.8. The molecule has 0 spiro atoms. The SMILES string of the molecule is CCOc1cc(/C=N\NC(=O)c2ccc3ccccc3c2)cc(Cl)c1OS(=O)(=O)c1ccc(C)cc1. The van der Waals surface area contributed by atoms with Crippen LogP contribution < -0.4 is 14.3 Å². The fourth-order valence-electron chi connectivity index (χ4n) is 3.43. The molecule has 0 aromatic heterocycles. The Hall–Kier alpha value is -3.88. The molecule has 4 aromatic rings. The van der Waals surface area contributed by atoms with Crippen molar-refractivity contribution in [2.75, 3.05) is 6.61 Å². The van der Waals surface area contributed by atoms with E-state index in [1.807, 2.05) is 37.3 Å². The number of benzene rings is 4. The largest absolute Gasteiger partial charge is 0.490 e. The molecule has 36 heavy (non-hydrogen) atoms. The van der Waals surface area contributed by atoms with Crippen molar-refractivity contribution in [3.8, 4) is 11.5 Å². The van der Waals surface area contributed by atoms with Crippen molar-refractivity contribution < 1.29 is 22.1 Å². The number of amides is 1. The number of hydrazone groups is 1. The summed E-state index contributed by atoms with van der Waals surface area (Å²) < 4.78 is 36.4. The van der Waals surface area contributed by atoms with Crippen LogP contribution >= 0.6 is 11.6 Å². The van der Waals surface area contributed by atoms with E-state index in [4.69, 9.17) is 20.5 Å².